The number of Topliss-reactive ketones (excluding diaryl/α,β-unsaturated/α-hetero) is 1. The van der Waals surface area contributed by atoms with Crippen LogP contribution < -0.4 is 0 Å². The zero-order valence-corrected chi connectivity index (χ0v) is 8.45. The van der Waals surface area contributed by atoms with E-state index in [1.165, 1.54) is 0 Å². The van der Waals surface area contributed by atoms with Gasteiger partial charge in [-0.15, -0.1) is 0 Å². The second-order valence-corrected chi connectivity index (χ2v) is 3.99. The van der Waals surface area contributed by atoms with Gasteiger partial charge >= 0.3 is 0 Å². The molecule has 2 rings (SSSR count). The van der Waals surface area contributed by atoms with Crippen molar-refractivity contribution in [2.75, 3.05) is 20.5 Å². The van der Waals surface area contributed by atoms with Crippen LogP contribution in [0.25, 0.3) is 0 Å². The van der Waals surface area contributed by atoms with Crippen LogP contribution in [0.4, 0.5) is 0 Å². The van der Waals surface area contributed by atoms with Crippen LogP contribution in [0.5, 0.6) is 0 Å². The first kappa shape index (κ1) is 10.1. The van der Waals surface area contributed by atoms with Gasteiger partial charge in [-0.3, -0.25) is 4.79 Å². The molecule has 1 saturated heterocycles. The zero-order valence-electron chi connectivity index (χ0n) is 8.45. The smallest absolute Gasteiger partial charge is 0.146 e. The van der Waals surface area contributed by atoms with Gasteiger partial charge < -0.3 is 14.2 Å². The highest BCUT2D eigenvalue weighted by atomic mass is 16.7. The van der Waals surface area contributed by atoms with Gasteiger partial charge in [-0.1, -0.05) is 0 Å². The summed E-state index contributed by atoms with van der Waals surface area (Å²) in [5.41, 5.74) is -0.0261. The van der Waals surface area contributed by atoms with Crippen molar-refractivity contribution in [1.29, 1.82) is 0 Å². The van der Waals surface area contributed by atoms with Crippen molar-refractivity contribution in [3.8, 4) is 0 Å². The lowest BCUT2D eigenvalue weighted by Crippen LogP contribution is -2.25. The van der Waals surface area contributed by atoms with Crippen LogP contribution in [0.1, 0.15) is 25.7 Å². The van der Waals surface area contributed by atoms with Crippen LogP contribution >= 0.6 is 0 Å². The topological polar surface area (TPSA) is 48.1 Å². The number of methoxy groups -OCH3 is 1. The Bertz CT molecular complexity index is 216. The van der Waals surface area contributed by atoms with Crippen molar-refractivity contribution in [2.24, 2.45) is 0 Å². The highest BCUT2D eigenvalue weighted by molar-refractivity contribution is 5.79. The van der Waals surface area contributed by atoms with E-state index in [1.54, 1.807) is 7.11 Å². The Morgan fingerprint density at radius 1 is 1.50 bits per heavy atom. The lowest BCUT2D eigenvalue weighted by Gasteiger charge is -2.17. The number of ketones is 1. The van der Waals surface area contributed by atoms with Crippen LogP contribution in [-0.2, 0) is 19.0 Å². The van der Waals surface area contributed by atoms with E-state index >= 15 is 0 Å². The van der Waals surface area contributed by atoms with Crippen LogP contribution in [0, 0.1) is 0 Å². The first-order chi connectivity index (χ1) is 6.77. The van der Waals surface area contributed by atoms with Gasteiger partial charge in [0.2, 0.25) is 0 Å². The van der Waals surface area contributed by atoms with Crippen LogP contribution in [0.15, 0.2) is 0 Å². The van der Waals surface area contributed by atoms with E-state index in [-0.39, 0.29) is 11.7 Å². The van der Waals surface area contributed by atoms with Gasteiger partial charge in [-0.2, -0.15) is 0 Å². The minimum atomic E-state index is -0.0261. The third-order valence-electron chi connectivity index (χ3n) is 3.03. The number of ether oxygens (including phenoxy) is 3. The van der Waals surface area contributed by atoms with Gasteiger partial charge in [0.15, 0.2) is 0 Å². The lowest BCUT2D eigenvalue weighted by atomic mass is 9.86. The Morgan fingerprint density at radius 3 is 2.86 bits per heavy atom. The van der Waals surface area contributed by atoms with E-state index in [0.29, 0.717) is 32.0 Å². The molecule has 2 aliphatic rings. The molecular weight excluding hydrogens is 184 g/mol. The Hall–Kier alpha value is -0.450. The average molecular weight is 200 g/mol. The summed E-state index contributed by atoms with van der Waals surface area (Å²) in [5, 5.41) is 0. The molecule has 4 heteroatoms. The summed E-state index contributed by atoms with van der Waals surface area (Å²) < 4.78 is 15.6. The van der Waals surface area contributed by atoms with Crippen molar-refractivity contribution in [1.82, 2.24) is 0 Å². The highest BCUT2D eigenvalue weighted by Gasteiger charge is 2.57. The maximum Gasteiger partial charge on any atom is 0.146 e. The number of carbonyl (C=O) groups is 1. The van der Waals surface area contributed by atoms with E-state index < -0.39 is 0 Å². The monoisotopic (exact) mass is 200 g/mol. The van der Waals surface area contributed by atoms with Crippen molar-refractivity contribution >= 4 is 5.78 Å². The minimum absolute atomic E-state index is 0.0261. The molecule has 0 aromatic heterocycles. The summed E-state index contributed by atoms with van der Waals surface area (Å²) in [6.07, 6.45) is 3.26. The molecule has 0 aromatic carbocycles. The molecule has 1 heterocycles. The molecule has 0 amide bonds. The van der Waals surface area contributed by atoms with Crippen LogP contribution in [0.2, 0.25) is 0 Å². The fraction of sp³-hybridized carbons (Fsp3) is 0.900. The van der Waals surface area contributed by atoms with Gasteiger partial charge in [-0.25, -0.2) is 0 Å². The lowest BCUT2D eigenvalue weighted by molar-refractivity contribution is -0.121. The summed E-state index contributed by atoms with van der Waals surface area (Å²) in [6, 6.07) is 0. The molecule has 2 fully saturated rings. The number of hydrogen-bond donors (Lipinski definition) is 0. The third-order valence-corrected chi connectivity index (χ3v) is 3.03. The van der Waals surface area contributed by atoms with E-state index in [9.17, 15) is 4.79 Å². The average Bonchev–Trinajstić information content (AvgIpc) is 2.86. The summed E-state index contributed by atoms with van der Waals surface area (Å²) in [4.78, 5) is 11.0. The Kier molecular flexibility index (Phi) is 2.85. The summed E-state index contributed by atoms with van der Waals surface area (Å²) in [6.45, 7) is 0.900. The van der Waals surface area contributed by atoms with E-state index in [4.69, 9.17) is 14.2 Å². The zero-order chi connectivity index (χ0) is 10.0. The summed E-state index contributed by atoms with van der Waals surface area (Å²) in [5.74, 6) is 0.364. The standard InChI is InChI=1S/C10H16O4/c1-12-7-13-6-9-10(14-9)4-2-8(11)3-5-10/h9H,2-7H2,1H3. The molecule has 0 N–H and O–H groups in total. The molecule has 1 atom stereocenters. The van der Waals surface area contributed by atoms with Crippen molar-refractivity contribution in [2.45, 2.75) is 37.4 Å². The fourth-order valence-electron chi connectivity index (χ4n) is 2.07. The number of epoxide rings is 1. The van der Waals surface area contributed by atoms with Crippen LogP contribution in [0.3, 0.4) is 0 Å². The van der Waals surface area contributed by atoms with Crippen molar-refractivity contribution in [3.05, 3.63) is 0 Å². The summed E-state index contributed by atoms with van der Waals surface area (Å²) in [7, 11) is 1.60. The molecule has 80 valence electrons. The van der Waals surface area contributed by atoms with Crippen molar-refractivity contribution < 1.29 is 19.0 Å². The predicted molar refractivity (Wildman–Crippen MR) is 48.9 cm³/mol. The molecule has 1 saturated carbocycles. The third kappa shape index (κ3) is 1.97. The SMILES string of the molecule is COCOCC1OC12CCC(=O)CC2. The predicted octanol–water partition coefficient (Wildman–Crippen LogP) is 0.888. The van der Waals surface area contributed by atoms with E-state index in [1.807, 2.05) is 0 Å². The van der Waals surface area contributed by atoms with E-state index in [0.717, 1.165) is 12.8 Å². The maximum absolute atomic E-state index is 11.0. The molecule has 0 aromatic rings. The largest absolute Gasteiger partial charge is 0.364 e. The quantitative estimate of drug-likeness (QED) is 0.384. The van der Waals surface area contributed by atoms with Gasteiger partial charge in [0.1, 0.15) is 18.7 Å². The first-order valence-electron chi connectivity index (χ1n) is 5.03. The molecule has 0 radical (unpaired) electrons. The molecular formula is C10H16O4. The van der Waals surface area contributed by atoms with Crippen LogP contribution in [-0.4, -0.2) is 38.0 Å². The molecule has 1 aliphatic heterocycles. The number of carbonyl (C=O) groups excluding carboxylic acids is 1. The van der Waals surface area contributed by atoms with E-state index in [2.05, 4.69) is 0 Å². The molecule has 1 aliphatic carbocycles. The molecule has 0 bridgehead atoms. The number of hydrogen-bond acceptors (Lipinski definition) is 4. The maximum atomic E-state index is 11.0. The molecule has 4 nitrogen and oxygen atoms in total. The molecule has 1 unspecified atom stereocenters. The Labute approximate surface area is 83.5 Å². The number of rotatable bonds is 4. The van der Waals surface area contributed by atoms with Gasteiger partial charge in [0.25, 0.3) is 0 Å². The van der Waals surface area contributed by atoms with Gasteiger partial charge in [-0.05, 0) is 12.8 Å². The first-order valence-corrected chi connectivity index (χ1v) is 5.03. The normalized spacial score (nSPS) is 29.5. The highest BCUT2D eigenvalue weighted by Crippen LogP contribution is 2.47. The summed E-state index contributed by atoms with van der Waals surface area (Å²) >= 11 is 0. The Morgan fingerprint density at radius 2 is 2.21 bits per heavy atom. The fourth-order valence-corrected chi connectivity index (χ4v) is 2.07. The molecule has 1 spiro atoms. The molecule has 14 heavy (non-hydrogen) atoms. The minimum Gasteiger partial charge on any atom is -0.364 e. The van der Waals surface area contributed by atoms with Gasteiger partial charge in [0.05, 0.1) is 12.2 Å². The van der Waals surface area contributed by atoms with Crippen molar-refractivity contribution in [3.63, 3.8) is 0 Å². The second-order valence-electron chi connectivity index (χ2n) is 3.99. The van der Waals surface area contributed by atoms with Gasteiger partial charge in [0, 0.05) is 20.0 Å². The second kappa shape index (κ2) is 3.96. The Balaban J connectivity index is 1.71.